The van der Waals surface area contributed by atoms with E-state index in [1.807, 2.05) is 0 Å². The van der Waals surface area contributed by atoms with Gasteiger partial charge in [0.2, 0.25) is 0 Å². The zero-order valence-corrected chi connectivity index (χ0v) is 34.7. The molecule has 0 atom stereocenters. The zero-order chi connectivity index (χ0) is 34.2. The largest absolute Gasteiger partial charge is 2.00 e. The van der Waals surface area contributed by atoms with E-state index >= 15 is 0 Å². The molecule has 3 heteroatoms. The first-order chi connectivity index (χ1) is 22.4. The van der Waals surface area contributed by atoms with Gasteiger partial charge in [-0.25, -0.2) is 0 Å². The summed E-state index contributed by atoms with van der Waals surface area (Å²) in [5.74, 6) is 0. The molecule has 0 aliphatic carbocycles. The van der Waals surface area contributed by atoms with E-state index in [0.717, 1.165) is 19.3 Å². The first-order valence-corrected chi connectivity index (χ1v) is 17.6. The third kappa shape index (κ3) is 11.7. The standard InChI is InChI=1S/2C22H25.C3H6.2ClH.Ti/c2*1-5-7-16-10-12-17(13-11-16)20-9-6-8-18-14-19(15-21(18)20)22(2,3)4;1-3-2;;;/h2*6,8-15H,5,7H2,1-4H3;1-3H2;2*1H;/q2*-1;-2;;;+2/p-2. The summed E-state index contributed by atoms with van der Waals surface area (Å²) in [6.45, 7) is 24.9. The maximum Gasteiger partial charge on any atom is 2.00 e. The van der Waals surface area contributed by atoms with E-state index in [2.05, 4.69) is 178 Å². The van der Waals surface area contributed by atoms with Gasteiger partial charge in [-0.05, 0) is 45.9 Å². The molecule has 0 aromatic heterocycles. The first-order valence-electron chi connectivity index (χ1n) is 17.6. The average Bonchev–Trinajstić information content (AvgIpc) is 3.69. The number of halogens is 2. The fourth-order valence-corrected chi connectivity index (χ4v) is 6.12. The van der Waals surface area contributed by atoms with E-state index < -0.39 is 0 Å². The topological polar surface area (TPSA) is 0 Å². The van der Waals surface area contributed by atoms with Crippen LogP contribution in [0.15, 0.2) is 109 Å². The van der Waals surface area contributed by atoms with Gasteiger partial charge in [0.15, 0.2) is 0 Å². The van der Waals surface area contributed by atoms with Crippen LogP contribution in [0.5, 0.6) is 0 Å². The van der Waals surface area contributed by atoms with E-state index in [1.165, 1.54) is 78.9 Å². The molecule has 0 bridgehead atoms. The molecule has 0 unspecified atom stereocenters. The molecule has 6 aromatic rings. The minimum absolute atomic E-state index is 0. The van der Waals surface area contributed by atoms with Gasteiger partial charge in [-0.15, -0.1) is 69.1 Å². The van der Waals surface area contributed by atoms with Crippen molar-refractivity contribution in [1.82, 2.24) is 0 Å². The summed E-state index contributed by atoms with van der Waals surface area (Å²) in [4.78, 5) is 0. The molecule has 50 heavy (non-hydrogen) atoms. The Bertz CT molecular complexity index is 1700. The van der Waals surface area contributed by atoms with Crippen molar-refractivity contribution in [3.8, 4) is 22.3 Å². The fourth-order valence-electron chi connectivity index (χ4n) is 6.12. The van der Waals surface area contributed by atoms with Gasteiger partial charge in [-0.1, -0.05) is 140 Å². The molecule has 0 N–H and O–H groups in total. The van der Waals surface area contributed by atoms with Gasteiger partial charge in [0.1, 0.15) is 0 Å². The van der Waals surface area contributed by atoms with Crippen LogP contribution in [0, 0.1) is 13.8 Å². The molecule has 0 aliphatic heterocycles. The smallest absolute Gasteiger partial charge is 1.00 e. The van der Waals surface area contributed by atoms with Gasteiger partial charge in [0, 0.05) is 0 Å². The van der Waals surface area contributed by atoms with E-state index in [4.69, 9.17) is 0 Å². The molecular weight excluding hydrogens is 683 g/mol. The first kappa shape index (κ1) is 45.4. The van der Waals surface area contributed by atoms with Gasteiger partial charge in [-0.2, -0.15) is 12.1 Å². The van der Waals surface area contributed by atoms with E-state index in [9.17, 15) is 0 Å². The summed E-state index contributed by atoms with van der Waals surface area (Å²) >= 11 is 0. The zero-order valence-electron chi connectivity index (χ0n) is 31.6. The molecule has 0 fully saturated rings. The van der Waals surface area contributed by atoms with Crippen LogP contribution < -0.4 is 24.8 Å². The molecule has 6 aromatic carbocycles. The van der Waals surface area contributed by atoms with Crippen molar-refractivity contribution >= 4 is 21.5 Å². The van der Waals surface area contributed by atoms with Crippen molar-refractivity contribution < 1.29 is 46.5 Å². The van der Waals surface area contributed by atoms with Crippen LogP contribution in [0.1, 0.15) is 96.9 Å². The molecule has 0 aliphatic rings. The number of benzene rings is 4. The number of aryl methyl sites for hydroxylation is 2. The second kappa shape index (κ2) is 20.4. The number of hydrogen-bond acceptors (Lipinski definition) is 0. The Morgan fingerprint density at radius 2 is 0.840 bits per heavy atom. The van der Waals surface area contributed by atoms with Crippen molar-refractivity contribution in [2.45, 2.75) is 98.3 Å². The normalized spacial score (nSPS) is 10.9. The summed E-state index contributed by atoms with van der Waals surface area (Å²) in [6, 6.07) is 40.8. The maximum absolute atomic E-state index is 3.38. The molecular formula is C47H56Cl2Ti-4. The van der Waals surface area contributed by atoms with Crippen molar-refractivity contribution in [1.29, 1.82) is 0 Å². The number of hydrogen-bond donors (Lipinski definition) is 0. The Labute approximate surface area is 331 Å². The Hall–Kier alpha value is -2.61. The van der Waals surface area contributed by atoms with E-state index in [1.54, 1.807) is 0 Å². The quantitative estimate of drug-likeness (QED) is 0.120. The molecule has 0 spiro atoms. The monoisotopic (exact) mass is 738 g/mol. The molecule has 0 nitrogen and oxygen atoms in total. The molecule has 0 amide bonds. The average molecular weight is 740 g/mol. The van der Waals surface area contributed by atoms with Crippen LogP contribution in [0.2, 0.25) is 0 Å². The minimum atomic E-state index is 0. The number of rotatable bonds is 6. The van der Waals surface area contributed by atoms with Crippen molar-refractivity contribution in [2.24, 2.45) is 0 Å². The summed E-state index contributed by atoms with van der Waals surface area (Å²) in [7, 11) is 0. The molecule has 0 radical (unpaired) electrons. The molecule has 0 saturated carbocycles. The molecule has 0 heterocycles. The summed E-state index contributed by atoms with van der Waals surface area (Å²) in [5, 5.41) is 5.44. The summed E-state index contributed by atoms with van der Waals surface area (Å²) < 4.78 is 0. The second-order valence-corrected chi connectivity index (χ2v) is 14.9. The predicted molar refractivity (Wildman–Crippen MR) is 211 cm³/mol. The van der Waals surface area contributed by atoms with Gasteiger partial charge < -0.3 is 45.1 Å². The molecule has 266 valence electrons. The van der Waals surface area contributed by atoms with Gasteiger partial charge >= 0.3 is 21.7 Å². The predicted octanol–water partition coefficient (Wildman–Crippen LogP) is 8.00. The molecule has 0 saturated heterocycles. The Morgan fingerprint density at radius 1 is 0.520 bits per heavy atom. The summed E-state index contributed by atoms with van der Waals surface area (Å²) in [5.41, 5.74) is 11.4. The van der Waals surface area contributed by atoms with Crippen LogP contribution in [0.25, 0.3) is 43.8 Å². The minimum Gasteiger partial charge on any atom is -1.00 e. The van der Waals surface area contributed by atoms with E-state index in [0.29, 0.717) is 0 Å². The van der Waals surface area contributed by atoms with Crippen LogP contribution in [-0.2, 0) is 45.4 Å². The number of fused-ring (bicyclic) bond motifs is 2. The Kier molecular flexibility index (Phi) is 18.6. The third-order valence-electron chi connectivity index (χ3n) is 8.84. The molecule has 6 rings (SSSR count). The Morgan fingerprint density at radius 3 is 1.12 bits per heavy atom. The van der Waals surface area contributed by atoms with Crippen molar-refractivity contribution in [3.63, 3.8) is 0 Å². The van der Waals surface area contributed by atoms with E-state index in [-0.39, 0.29) is 57.4 Å². The fraction of sp³-hybridized carbons (Fsp3) is 0.319. The van der Waals surface area contributed by atoms with Crippen LogP contribution >= 0.6 is 0 Å². The third-order valence-corrected chi connectivity index (χ3v) is 8.84. The van der Waals surface area contributed by atoms with Crippen molar-refractivity contribution in [3.05, 3.63) is 145 Å². The van der Waals surface area contributed by atoms with Crippen molar-refractivity contribution in [2.75, 3.05) is 0 Å². The van der Waals surface area contributed by atoms with Crippen LogP contribution in [-0.4, -0.2) is 0 Å². The van der Waals surface area contributed by atoms with Gasteiger partial charge in [0.25, 0.3) is 0 Å². The maximum atomic E-state index is 3.38. The van der Waals surface area contributed by atoms with Crippen LogP contribution in [0.4, 0.5) is 0 Å². The Balaban J connectivity index is 0.000000439. The van der Waals surface area contributed by atoms with Gasteiger partial charge in [-0.3, -0.25) is 0 Å². The second-order valence-electron chi connectivity index (χ2n) is 14.9. The summed E-state index contributed by atoms with van der Waals surface area (Å²) in [6.07, 6.45) is 5.48. The van der Waals surface area contributed by atoms with Gasteiger partial charge in [0.05, 0.1) is 0 Å². The van der Waals surface area contributed by atoms with Crippen LogP contribution in [0.3, 0.4) is 0 Å². The SMILES string of the molecule is CCCc1ccc(-c2cccc3[cH-]c(C(C)(C)C)cc23)cc1.CCCc1ccc(-c2cccc3[cH-]c(C(C)(C)C)cc23)cc1.[CH2-]C[CH2-].[Cl-].[Cl-].[Ti+2].